The van der Waals surface area contributed by atoms with Gasteiger partial charge in [-0.15, -0.1) is 35.1 Å². The predicted molar refractivity (Wildman–Crippen MR) is 92.6 cm³/mol. The van der Waals surface area contributed by atoms with E-state index in [0.29, 0.717) is 12.0 Å². The third-order valence-electron chi connectivity index (χ3n) is 4.11. The molecule has 3 rings (SSSR count). The molecule has 1 aliphatic rings. The summed E-state index contributed by atoms with van der Waals surface area (Å²) in [5, 5.41) is 4.41. The zero-order valence-electron chi connectivity index (χ0n) is 11.8. The Kier molecular flexibility index (Phi) is 6.09. The van der Waals surface area contributed by atoms with Crippen LogP contribution in [-0.4, -0.2) is 24.0 Å². The first-order valence-electron chi connectivity index (χ1n) is 7.15. The van der Waals surface area contributed by atoms with Crippen LogP contribution in [0.1, 0.15) is 41.9 Å². The van der Waals surface area contributed by atoms with Crippen molar-refractivity contribution in [2.75, 3.05) is 13.1 Å². The molecule has 1 atom stereocenters. The second kappa shape index (κ2) is 7.60. The molecule has 0 N–H and O–H groups in total. The Bertz CT molecular complexity index is 440. The molecule has 2 aromatic heterocycles. The molecule has 20 heavy (non-hydrogen) atoms. The molecule has 0 amide bonds. The average molecular weight is 328 g/mol. The van der Waals surface area contributed by atoms with Crippen molar-refractivity contribution in [1.82, 2.24) is 4.90 Å². The molecule has 110 valence electrons. The van der Waals surface area contributed by atoms with Gasteiger partial charge in [-0.1, -0.05) is 12.1 Å². The lowest BCUT2D eigenvalue weighted by Crippen LogP contribution is -2.31. The van der Waals surface area contributed by atoms with E-state index in [0.717, 1.165) is 0 Å². The van der Waals surface area contributed by atoms with Crippen LogP contribution < -0.4 is 0 Å². The minimum Gasteiger partial charge on any atom is -0.301 e. The van der Waals surface area contributed by atoms with Crippen LogP contribution in [0.5, 0.6) is 0 Å². The number of thiophene rings is 2. The third-order valence-corrected chi connectivity index (χ3v) is 6.09. The zero-order chi connectivity index (χ0) is 13.1. The molecule has 0 aliphatic carbocycles. The van der Waals surface area contributed by atoms with E-state index in [-0.39, 0.29) is 12.4 Å². The monoisotopic (exact) mass is 327 g/mol. The Hall–Kier alpha value is -0.350. The summed E-state index contributed by atoms with van der Waals surface area (Å²) in [6, 6.07) is 9.65. The van der Waals surface area contributed by atoms with E-state index < -0.39 is 0 Å². The van der Waals surface area contributed by atoms with Crippen LogP contribution in [0, 0.1) is 0 Å². The van der Waals surface area contributed by atoms with Gasteiger partial charge < -0.3 is 4.90 Å². The van der Waals surface area contributed by atoms with Crippen LogP contribution in [0.4, 0.5) is 0 Å². The second-order valence-electron chi connectivity index (χ2n) is 5.41. The molecule has 4 heteroatoms. The molecule has 1 fully saturated rings. The molecule has 0 bridgehead atoms. The lowest BCUT2D eigenvalue weighted by molar-refractivity contribution is 0.242. The Morgan fingerprint density at radius 3 is 2.05 bits per heavy atom. The van der Waals surface area contributed by atoms with Gasteiger partial charge in [-0.05, 0) is 62.2 Å². The van der Waals surface area contributed by atoms with Crippen LogP contribution in [0.2, 0.25) is 0 Å². The fraction of sp³-hybridized carbons (Fsp3) is 0.500. The highest BCUT2D eigenvalue weighted by Crippen LogP contribution is 2.36. The highest BCUT2D eigenvalue weighted by Gasteiger charge is 2.24. The summed E-state index contributed by atoms with van der Waals surface area (Å²) in [7, 11) is 0. The first kappa shape index (κ1) is 16.0. The standard InChI is InChI=1S/C16H21NS2.ClH/c1-13(17-8-2-3-9-17)12-14(15-6-4-10-18-15)16-7-5-11-19-16;/h4-7,10-11,13-14H,2-3,8-9,12H2,1H3;1H. The largest absolute Gasteiger partial charge is 0.301 e. The lowest BCUT2D eigenvalue weighted by atomic mass is 9.96. The van der Waals surface area contributed by atoms with Gasteiger partial charge in [-0.3, -0.25) is 0 Å². The minimum absolute atomic E-state index is 0. The summed E-state index contributed by atoms with van der Waals surface area (Å²) < 4.78 is 0. The maximum absolute atomic E-state index is 2.66. The normalized spacial score (nSPS) is 17.3. The number of likely N-dealkylation sites (tertiary alicyclic amines) is 1. The van der Waals surface area contributed by atoms with Crippen molar-refractivity contribution in [2.24, 2.45) is 0 Å². The van der Waals surface area contributed by atoms with E-state index in [1.54, 1.807) is 0 Å². The van der Waals surface area contributed by atoms with E-state index in [4.69, 9.17) is 0 Å². The van der Waals surface area contributed by atoms with Gasteiger partial charge in [0.2, 0.25) is 0 Å². The van der Waals surface area contributed by atoms with Gasteiger partial charge >= 0.3 is 0 Å². The first-order chi connectivity index (χ1) is 9.34. The quantitative estimate of drug-likeness (QED) is 0.726. The van der Waals surface area contributed by atoms with Gasteiger partial charge in [-0.25, -0.2) is 0 Å². The maximum Gasteiger partial charge on any atom is 0.0292 e. The van der Waals surface area contributed by atoms with Gasteiger partial charge in [0.25, 0.3) is 0 Å². The number of nitrogens with zero attached hydrogens (tertiary/aromatic N) is 1. The van der Waals surface area contributed by atoms with E-state index in [9.17, 15) is 0 Å². The molecule has 0 radical (unpaired) electrons. The molecule has 1 nitrogen and oxygen atoms in total. The van der Waals surface area contributed by atoms with Gasteiger partial charge in [0.15, 0.2) is 0 Å². The number of hydrogen-bond donors (Lipinski definition) is 0. The van der Waals surface area contributed by atoms with E-state index in [1.807, 2.05) is 22.7 Å². The fourth-order valence-corrected chi connectivity index (χ4v) is 4.82. The summed E-state index contributed by atoms with van der Waals surface area (Å²) >= 11 is 3.80. The van der Waals surface area contributed by atoms with E-state index in [1.165, 1.54) is 42.1 Å². The molecule has 1 aliphatic heterocycles. The van der Waals surface area contributed by atoms with Crippen molar-refractivity contribution in [2.45, 2.75) is 38.1 Å². The first-order valence-corrected chi connectivity index (χ1v) is 8.91. The average Bonchev–Trinajstić information content (AvgIpc) is 3.17. The molecular weight excluding hydrogens is 306 g/mol. The Morgan fingerprint density at radius 2 is 1.60 bits per heavy atom. The van der Waals surface area contributed by atoms with Crippen molar-refractivity contribution in [3.8, 4) is 0 Å². The van der Waals surface area contributed by atoms with Gasteiger partial charge in [-0.2, -0.15) is 0 Å². The molecule has 0 saturated carbocycles. The summed E-state index contributed by atoms with van der Waals surface area (Å²) in [5.41, 5.74) is 0. The van der Waals surface area contributed by atoms with Crippen molar-refractivity contribution in [3.63, 3.8) is 0 Å². The number of hydrogen-bond acceptors (Lipinski definition) is 3. The van der Waals surface area contributed by atoms with Crippen molar-refractivity contribution >= 4 is 35.1 Å². The Morgan fingerprint density at radius 1 is 1.05 bits per heavy atom. The molecular formula is C16H22ClNS2. The van der Waals surface area contributed by atoms with Gasteiger partial charge in [0.05, 0.1) is 0 Å². The Labute approximate surface area is 136 Å². The summed E-state index contributed by atoms with van der Waals surface area (Å²) in [6.07, 6.45) is 4.01. The molecule has 2 aromatic rings. The second-order valence-corrected chi connectivity index (χ2v) is 7.37. The van der Waals surface area contributed by atoms with Crippen molar-refractivity contribution < 1.29 is 0 Å². The van der Waals surface area contributed by atoms with E-state index >= 15 is 0 Å². The smallest absolute Gasteiger partial charge is 0.0292 e. The predicted octanol–water partition coefficient (Wildman–Crippen LogP) is 5.24. The van der Waals surface area contributed by atoms with Crippen LogP contribution in [0.3, 0.4) is 0 Å². The summed E-state index contributed by atoms with van der Waals surface area (Å²) in [4.78, 5) is 5.70. The highest BCUT2D eigenvalue weighted by atomic mass is 35.5. The van der Waals surface area contributed by atoms with E-state index in [2.05, 4.69) is 46.8 Å². The fourth-order valence-electron chi connectivity index (χ4n) is 3.02. The molecule has 1 unspecified atom stereocenters. The molecule has 3 heterocycles. The van der Waals surface area contributed by atoms with Crippen LogP contribution in [0.15, 0.2) is 35.0 Å². The summed E-state index contributed by atoms with van der Waals surface area (Å²) in [5.74, 6) is 0.593. The number of halogens is 1. The maximum atomic E-state index is 2.66. The molecule has 1 saturated heterocycles. The highest BCUT2D eigenvalue weighted by molar-refractivity contribution is 7.11. The SMILES string of the molecule is CC(CC(c1cccs1)c1cccs1)N1CCCC1.Cl. The number of rotatable bonds is 5. The van der Waals surface area contributed by atoms with Crippen LogP contribution >= 0.6 is 35.1 Å². The van der Waals surface area contributed by atoms with Gasteiger partial charge in [0.1, 0.15) is 0 Å². The topological polar surface area (TPSA) is 3.24 Å². The lowest BCUT2D eigenvalue weighted by Gasteiger charge is -2.27. The van der Waals surface area contributed by atoms with Crippen LogP contribution in [0.25, 0.3) is 0 Å². The summed E-state index contributed by atoms with van der Waals surface area (Å²) in [6.45, 7) is 4.99. The molecule has 0 aromatic carbocycles. The Balaban J connectivity index is 0.00000147. The van der Waals surface area contributed by atoms with Crippen molar-refractivity contribution in [1.29, 1.82) is 0 Å². The third kappa shape index (κ3) is 3.64. The van der Waals surface area contributed by atoms with Crippen molar-refractivity contribution in [3.05, 3.63) is 44.8 Å². The van der Waals surface area contributed by atoms with Crippen LogP contribution in [-0.2, 0) is 0 Å². The minimum atomic E-state index is 0. The molecule has 0 spiro atoms. The van der Waals surface area contributed by atoms with Gasteiger partial charge in [0, 0.05) is 21.7 Å². The zero-order valence-corrected chi connectivity index (χ0v) is 14.3.